The van der Waals surface area contributed by atoms with Crippen LogP contribution in [0.25, 0.3) is 0 Å². The van der Waals surface area contributed by atoms with Crippen LogP contribution in [0.1, 0.15) is 10.4 Å². The molecule has 0 aromatic heterocycles. The van der Waals surface area contributed by atoms with Crippen molar-refractivity contribution in [2.75, 3.05) is 0 Å². The molecule has 3 heteroatoms. The maximum absolute atomic E-state index is 10.4. The van der Waals surface area contributed by atoms with Crippen LogP contribution in [0.3, 0.4) is 0 Å². The van der Waals surface area contributed by atoms with Gasteiger partial charge in [0.05, 0.1) is 0 Å². The molecule has 0 fully saturated rings. The maximum Gasteiger partial charge on any atom is 0.252 e. The van der Waals surface area contributed by atoms with Crippen LogP contribution < -0.4 is 0 Å². The lowest BCUT2D eigenvalue weighted by Gasteiger charge is -1.87. The minimum atomic E-state index is -0.407. The second kappa shape index (κ2) is 7.04. The molecule has 0 saturated carbocycles. The summed E-state index contributed by atoms with van der Waals surface area (Å²) in [6.07, 6.45) is 0. The minimum Gasteiger partial charge on any atom is -0.276 e. The molecular weight excluding hydrogens is 243 g/mol. The van der Waals surface area contributed by atoms with Gasteiger partial charge in [-0.15, -0.1) is 0 Å². The topological polar surface area (TPSA) is 17.1 Å². The van der Waals surface area contributed by atoms with Crippen LogP contribution in [0.5, 0.6) is 0 Å². The molecule has 16 heavy (non-hydrogen) atoms. The maximum atomic E-state index is 10.4. The summed E-state index contributed by atoms with van der Waals surface area (Å²) in [5.74, 6) is 0. The Kier molecular flexibility index (Phi) is 5.62. The van der Waals surface area contributed by atoms with E-state index < -0.39 is 5.24 Å². The summed E-state index contributed by atoms with van der Waals surface area (Å²) in [7, 11) is 0. The highest BCUT2D eigenvalue weighted by molar-refractivity contribution is 6.67. The van der Waals surface area contributed by atoms with Gasteiger partial charge in [-0.1, -0.05) is 60.1 Å². The highest BCUT2D eigenvalue weighted by Crippen LogP contribution is 2.03. The molecule has 82 valence electrons. The highest BCUT2D eigenvalue weighted by Gasteiger charge is 1.95. The van der Waals surface area contributed by atoms with E-state index in [1.54, 1.807) is 24.3 Å². The first-order valence-electron chi connectivity index (χ1n) is 4.65. The van der Waals surface area contributed by atoms with E-state index in [-0.39, 0.29) is 0 Å². The van der Waals surface area contributed by atoms with Crippen LogP contribution in [0.4, 0.5) is 0 Å². The van der Waals surface area contributed by atoms with Crippen molar-refractivity contribution in [1.29, 1.82) is 0 Å². The zero-order valence-corrected chi connectivity index (χ0v) is 9.95. The SMILES string of the molecule is Clc1ccccc1.O=C(Cl)c1ccccc1. The quantitative estimate of drug-likeness (QED) is 0.688. The van der Waals surface area contributed by atoms with Crippen molar-refractivity contribution in [2.24, 2.45) is 0 Å². The fourth-order valence-electron chi connectivity index (χ4n) is 0.984. The summed E-state index contributed by atoms with van der Waals surface area (Å²) in [4.78, 5) is 10.4. The second-order valence-electron chi connectivity index (χ2n) is 2.94. The van der Waals surface area contributed by atoms with Crippen molar-refractivity contribution in [1.82, 2.24) is 0 Å². The van der Waals surface area contributed by atoms with Gasteiger partial charge in [-0.2, -0.15) is 0 Å². The van der Waals surface area contributed by atoms with Crippen molar-refractivity contribution in [3.05, 3.63) is 71.2 Å². The third-order valence-electron chi connectivity index (χ3n) is 1.73. The Morgan fingerprint density at radius 1 is 0.812 bits per heavy atom. The van der Waals surface area contributed by atoms with E-state index >= 15 is 0 Å². The van der Waals surface area contributed by atoms with Crippen LogP contribution in [0.2, 0.25) is 5.02 Å². The summed E-state index contributed by atoms with van der Waals surface area (Å²) >= 11 is 10.7. The van der Waals surface area contributed by atoms with E-state index in [9.17, 15) is 4.79 Å². The molecule has 0 aliphatic carbocycles. The fraction of sp³-hybridized carbons (Fsp3) is 0. The standard InChI is InChI=1S/C7H5ClO.C6H5Cl/c8-7(9)6-4-2-1-3-5-6;7-6-4-2-1-3-5-6/h1-5H;1-5H. The van der Waals surface area contributed by atoms with Crippen molar-refractivity contribution in [2.45, 2.75) is 0 Å². The van der Waals surface area contributed by atoms with E-state index in [4.69, 9.17) is 23.2 Å². The number of carbonyl (C=O) groups excluding carboxylic acids is 1. The van der Waals surface area contributed by atoms with Crippen LogP contribution in [0.15, 0.2) is 60.7 Å². The van der Waals surface area contributed by atoms with Gasteiger partial charge < -0.3 is 0 Å². The van der Waals surface area contributed by atoms with Crippen molar-refractivity contribution in [3.8, 4) is 0 Å². The summed E-state index contributed by atoms with van der Waals surface area (Å²) < 4.78 is 0. The molecule has 2 aromatic rings. The van der Waals surface area contributed by atoms with E-state index in [0.717, 1.165) is 5.02 Å². The Bertz CT molecular complexity index is 426. The molecule has 0 aliphatic heterocycles. The van der Waals surface area contributed by atoms with E-state index in [2.05, 4.69) is 0 Å². The smallest absolute Gasteiger partial charge is 0.252 e. The monoisotopic (exact) mass is 252 g/mol. The number of carbonyl (C=O) groups is 1. The van der Waals surface area contributed by atoms with Gasteiger partial charge >= 0.3 is 0 Å². The molecule has 0 amide bonds. The molecule has 0 heterocycles. The van der Waals surface area contributed by atoms with Crippen molar-refractivity contribution in [3.63, 3.8) is 0 Å². The number of hydrogen-bond donors (Lipinski definition) is 0. The number of hydrogen-bond acceptors (Lipinski definition) is 1. The largest absolute Gasteiger partial charge is 0.276 e. The van der Waals surface area contributed by atoms with Gasteiger partial charge in [-0.25, -0.2) is 0 Å². The summed E-state index contributed by atoms with van der Waals surface area (Å²) in [6, 6.07) is 18.2. The summed E-state index contributed by atoms with van der Waals surface area (Å²) in [5, 5.41) is 0.387. The predicted octanol–water partition coefficient (Wildman–Crippen LogP) is 4.41. The lowest BCUT2D eigenvalue weighted by atomic mass is 10.2. The first-order chi connectivity index (χ1) is 7.70. The zero-order valence-electron chi connectivity index (χ0n) is 8.44. The Morgan fingerprint density at radius 2 is 1.25 bits per heavy atom. The van der Waals surface area contributed by atoms with Gasteiger partial charge in [-0.05, 0) is 23.7 Å². The Balaban J connectivity index is 0.000000165. The number of rotatable bonds is 1. The average molecular weight is 253 g/mol. The fourth-order valence-corrected chi connectivity index (χ4v) is 1.26. The molecule has 0 unspecified atom stereocenters. The average Bonchev–Trinajstić information content (AvgIpc) is 2.32. The van der Waals surface area contributed by atoms with E-state index in [1.165, 1.54) is 0 Å². The Morgan fingerprint density at radius 3 is 1.50 bits per heavy atom. The Hall–Kier alpha value is -1.31. The molecule has 1 nitrogen and oxygen atoms in total. The van der Waals surface area contributed by atoms with Crippen LogP contribution in [0, 0.1) is 0 Å². The summed E-state index contributed by atoms with van der Waals surface area (Å²) in [5.41, 5.74) is 0.541. The van der Waals surface area contributed by atoms with Gasteiger partial charge in [0, 0.05) is 10.6 Å². The zero-order chi connectivity index (χ0) is 11.8. The molecule has 0 spiro atoms. The van der Waals surface area contributed by atoms with Crippen LogP contribution >= 0.6 is 23.2 Å². The second-order valence-corrected chi connectivity index (χ2v) is 3.72. The van der Waals surface area contributed by atoms with Gasteiger partial charge in [-0.3, -0.25) is 4.79 Å². The Labute approximate surface area is 105 Å². The third kappa shape index (κ3) is 4.96. The van der Waals surface area contributed by atoms with Crippen LogP contribution in [-0.2, 0) is 0 Å². The molecule has 2 rings (SSSR count). The molecule has 0 radical (unpaired) electrons. The third-order valence-corrected chi connectivity index (χ3v) is 2.20. The van der Waals surface area contributed by atoms with Gasteiger partial charge in [0.15, 0.2) is 0 Å². The van der Waals surface area contributed by atoms with E-state index in [1.807, 2.05) is 36.4 Å². The molecule has 0 N–H and O–H groups in total. The van der Waals surface area contributed by atoms with E-state index in [0.29, 0.717) is 5.56 Å². The van der Waals surface area contributed by atoms with Crippen molar-refractivity contribution >= 4 is 28.4 Å². The predicted molar refractivity (Wildman–Crippen MR) is 68.1 cm³/mol. The molecule has 0 bridgehead atoms. The van der Waals surface area contributed by atoms with Crippen molar-refractivity contribution < 1.29 is 4.79 Å². The molecule has 0 atom stereocenters. The van der Waals surface area contributed by atoms with Gasteiger partial charge in [0.25, 0.3) is 5.24 Å². The lowest BCUT2D eigenvalue weighted by molar-refractivity contribution is 0.108. The highest BCUT2D eigenvalue weighted by atomic mass is 35.5. The molecule has 0 aliphatic rings. The van der Waals surface area contributed by atoms with Gasteiger partial charge in [0.1, 0.15) is 0 Å². The first-order valence-corrected chi connectivity index (χ1v) is 5.41. The molecular formula is C13H10Cl2O. The molecule has 2 aromatic carbocycles. The van der Waals surface area contributed by atoms with Crippen LogP contribution in [-0.4, -0.2) is 5.24 Å². The lowest BCUT2D eigenvalue weighted by Crippen LogP contribution is -1.84. The van der Waals surface area contributed by atoms with Gasteiger partial charge in [0.2, 0.25) is 0 Å². The minimum absolute atomic E-state index is 0.407. The normalized spacial score (nSPS) is 8.88. The first kappa shape index (κ1) is 12.8. The number of halogens is 2. The summed E-state index contributed by atoms with van der Waals surface area (Å²) in [6.45, 7) is 0. The number of benzene rings is 2. The molecule has 0 saturated heterocycles.